The molecule has 1 heterocycles. The summed E-state index contributed by atoms with van der Waals surface area (Å²) < 4.78 is 2.95. The maximum atomic E-state index is 5.84. The Bertz CT molecular complexity index is 582. The Kier molecular flexibility index (Phi) is 5.26. The van der Waals surface area contributed by atoms with E-state index in [9.17, 15) is 0 Å². The van der Waals surface area contributed by atoms with Crippen LogP contribution in [-0.4, -0.2) is 16.0 Å². The first-order valence-corrected chi connectivity index (χ1v) is 8.43. The molecule has 0 spiro atoms. The van der Waals surface area contributed by atoms with Gasteiger partial charge in [0.15, 0.2) is 0 Å². The van der Waals surface area contributed by atoms with Crippen LogP contribution in [0.15, 0.2) is 39.8 Å². The zero-order valence-electron chi connectivity index (χ0n) is 11.8. The highest BCUT2D eigenvalue weighted by Gasteiger charge is 2.23. The molecule has 0 saturated heterocycles. The van der Waals surface area contributed by atoms with Gasteiger partial charge in [-0.2, -0.15) is 5.10 Å². The molecule has 0 bridgehead atoms. The van der Waals surface area contributed by atoms with Crippen molar-refractivity contribution in [1.29, 1.82) is 0 Å². The molecule has 2 rings (SSSR count). The van der Waals surface area contributed by atoms with Crippen LogP contribution in [0.25, 0.3) is 0 Å². The van der Waals surface area contributed by atoms with Gasteiger partial charge in [-0.15, -0.1) is 11.8 Å². The lowest BCUT2D eigenvalue weighted by molar-refractivity contribution is 0.473. The molecule has 1 atom stereocenters. The van der Waals surface area contributed by atoms with E-state index in [0.717, 1.165) is 15.7 Å². The van der Waals surface area contributed by atoms with Crippen molar-refractivity contribution >= 4 is 27.7 Å². The summed E-state index contributed by atoms with van der Waals surface area (Å²) in [6, 6.07) is 8.45. The van der Waals surface area contributed by atoms with E-state index in [0.29, 0.717) is 0 Å². The van der Waals surface area contributed by atoms with Crippen LogP contribution >= 0.6 is 27.7 Å². The highest BCUT2D eigenvalue weighted by atomic mass is 79.9. The van der Waals surface area contributed by atoms with Crippen molar-refractivity contribution in [3.05, 3.63) is 46.2 Å². The van der Waals surface area contributed by atoms with Gasteiger partial charge >= 0.3 is 0 Å². The molecule has 2 aromatic rings. The molecule has 0 fully saturated rings. The SMILES string of the molecule is CSc1ccccc1C(NN)c1c(Br)cnn1C(C)C. The van der Waals surface area contributed by atoms with Crippen LogP contribution in [0.5, 0.6) is 0 Å². The maximum absolute atomic E-state index is 5.84. The Morgan fingerprint density at radius 3 is 2.65 bits per heavy atom. The van der Waals surface area contributed by atoms with E-state index >= 15 is 0 Å². The number of nitrogens with zero attached hydrogens (tertiary/aromatic N) is 2. The highest BCUT2D eigenvalue weighted by molar-refractivity contribution is 9.10. The Hall–Kier alpha value is -0.820. The molecule has 1 unspecified atom stereocenters. The summed E-state index contributed by atoms with van der Waals surface area (Å²) in [5.41, 5.74) is 5.13. The average molecular weight is 355 g/mol. The number of aromatic nitrogens is 2. The van der Waals surface area contributed by atoms with Crippen molar-refractivity contribution in [2.45, 2.75) is 30.8 Å². The van der Waals surface area contributed by atoms with Gasteiger partial charge in [0, 0.05) is 10.9 Å². The number of thioether (sulfide) groups is 1. The molecule has 4 nitrogen and oxygen atoms in total. The van der Waals surface area contributed by atoms with Crippen molar-refractivity contribution in [3.8, 4) is 0 Å². The van der Waals surface area contributed by atoms with Gasteiger partial charge in [-0.1, -0.05) is 18.2 Å². The molecule has 108 valence electrons. The molecule has 0 saturated carbocycles. The minimum absolute atomic E-state index is 0.0991. The van der Waals surface area contributed by atoms with Crippen molar-refractivity contribution in [3.63, 3.8) is 0 Å². The molecule has 6 heteroatoms. The van der Waals surface area contributed by atoms with Crippen molar-refractivity contribution in [2.75, 3.05) is 6.26 Å². The van der Waals surface area contributed by atoms with E-state index in [4.69, 9.17) is 5.84 Å². The van der Waals surface area contributed by atoms with Gasteiger partial charge in [-0.25, -0.2) is 5.43 Å². The summed E-state index contributed by atoms with van der Waals surface area (Å²) in [5, 5.41) is 4.43. The number of hydrogen-bond acceptors (Lipinski definition) is 4. The maximum Gasteiger partial charge on any atom is 0.0900 e. The summed E-state index contributed by atoms with van der Waals surface area (Å²) in [6.45, 7) is 4.22. The van der Waals surface area contributed by atoms with Crippen LogP contribution in [0.3, 0.4) is 0 Å². The fourth-order valence-electron chi connectivity index (χ4n) is 2.25. The van der Waals surface area contributed by atoms with Crippen molar-refractivity contribution < 1.29 is 0 Å². The smallest absolute Gasteiger partial charge is 0.0900 e. The van der Waals surface area contributed by atoms with E-state index in [1.807, 2.05) is 23.0 Å². The minimum Gasteiger partial charge on any atom is -0.271 e. The number of nitrogens with two attached hydrogens (primary N) is 1. The molecule has 1 aromatic carbocycles. The first-order valence-electron chi connectivity index (χ1n) is 6.42. The number of halogens is 1. The molecule has 0 radical (unpaired) electrons. The van der Waals surface area contributed by atoms with Gasteiger partial charge in [-0.3, -0.25) is 10.5 Å². The topological polar surface area (TPSA) is 55.9 Å². The number of hydrazine groups is 1. The first kappa shape index (κ1) is 15.6. The zero-order valence-corrected chi connectivity index (χ0v) is 14.2. The molecular weight excluding hydrogens is 336 g/mol. The van der Waals surface area contributed by atoms with Gasteiger partial charge in [0.05, 0.1) is 22.4 Å². The normalized spacial score (nSPS) is 12.9. The van der Waals surface area contributed by atoms with Crippen molar-refractivity contribution in [1.82, 2.24) is 15.2 Å². The summed E-state index contributed by atoms with van der Waals surface area (Å²) in [4.78, 5) is 1.21. The Morgan fingerprint density at radius 2 is 2.05 bits per heavy atom. The van der Waals surface area contributed by atoms with E-state index in [1.54, 1.807) is 11.8 Å². The van der Waals surface area contributed by atoms with E-state index in [1.165, 1.54) is 4.90 Å². The van der Waals surface area contributed by atoms with Crippen LogP contribution in [0, 0.1) is 0 Å². The molecule has 0 amide bonds. The van der Waals surface area contributed by atoms with Gasteiger partial charge in [0.1, 0.15) is 0 Å². The quantitative estimate of drug-likeness (QED) is 0.490. The molecule has 1 aromatic heterocycles. The summed E-state index contributed by atoms with van der Waals surface area (Å²) in [6.07, 6.45) is 3.89. The number of nitrogens with one attached hydrogen (secondary N) is 1. The predicted octanol–water partition coefficient (Wildman–Crippen LogP) is 3.50. The third-order valence-electron chi connectivity index (χ3n) is 3.17. The molecular formula is C14H19BrN4S. The lowest BCUT2D eigenvalue weighted by Gasteiger charge is -2.22. The van der Waals surface area contributed by atoms with E-state index in [-0.39, 0.29) is 12.1 Å². The molecule has 0 aliphatic carbocycles. The highest BCUT2D eigenvalue weighted by Crippen LogP contribution is 2.34. The van der Waals surface area contributed by atoms with Crippen LogP contribution in [-0.2, 0) is 0 Å². The second-order valence-corrected chi connectivity index (χ2v) is 6.46. The van der Waals surface area contributed by atoms with Gasteiger partial charge in [0.25, 0.3) is 0 Å². The summed E-state index contributed by atoms with van der Waals surface area (Å²) in [7, 11) is 0. The lowest BCUT2D eigenvalue weighted by Crippen LogP contribution is -2.31. The minimum atomic E-state index is -0.0991. The van der Waals surface area contributed by atoms with Crippen LogP contribution in [0.1, 0.15) is 37.2 Å². The fraction of sp³-hybridized carbons (Fsp3) is 0.357. The van der Waals surface area contributed by atoms with Crippen LogP contribution in [0.4, 0.5) is 0 Å². The fourth-order valence-corrected chi connectivity index (χ4v) is 3.39. The summed E-state index contributed by atoms with van der Waals surface area (Å²) >= 11 is 5.30. The second kappa shape index (κ2) is 6.76. The van der Waals surface area contributed by atoms with Gasteiger partial charge < -0.3 is 0 Å². The van der Waals surface area contributed by atoms with Crippen LogP contribution < -0.4 is 11.3 Å². The third-order valence-corrected chi connectivity index (χ3v) is 4.59. The predicted molar refractivity (Wildman–Crippen MR) is 87.7 cm³/mol. The summed E-state index contributed by atoms with van der Waals surface area (Å²) in [5.74, 6) is 5.84. The Morgan fingerprint density at radius 1 is 1.35 bits per heavy atom. The lowest BCUT2D eigenvalue weighted by atomic mass is 10.0. The monoisotopic (exact) mass is 354 g/mol. The number of rotatable bonds is 5. The van der Waals surface area contributed by atoms with Gasteiger partial charge in [-0.05, 0) is 47.7 Å². The average Bonchev–Trinajstić information content (AvgIpc) is 2.83. The third kappa shape index (κ3) is 2.93. The first-order chi connectivity index (χ1) is 9.60. The van der Waals surface area contributed by atoms with E-state index < -0.39 is 0 Å². The van der Waals surface area contributed by atoms with Crippen molar-refractivity contribution in [2.24, 2.45) is 5.84 Å². The molecule has 20 heavy (non-hydrogen) atoms. The molecule has 0 aliphatic rings. The van der Waals surface area contributed by atoms with E-state index in [2.05, 4.69) is 58.7 Å². The Labute approximate surface area is 132 Å². The largest absolute Gasteiger partial charge is 0.271 e. The molecule has 0 aliphatic heterocycles. The van der Waals surface area contributed by atoms with Gasteiger partial charge in [0.2, 0.25) is 0 Å². The second-order valence-electron chi connectivity index (χ2n) is 4.76. The standard InChI is InChI=1S/C14H19BrN4S/c1-9(2)19-14(11(15)8-17-19)13(18-16)10-6-4-5-7-12(10)20-3/h4-9,13,18H,16H2,1-3H3. The van der Waals surface area contributed by atoms with Crippen LogP contribution in [0.2, 0.25) is 0 Å². The molecule has 3 N–H and O–H groups in total. The number of hydrogen-bond donors (Lipinski definition) is 2. The Balaban J connectivity index is 2.55. The zero-order chi connectivity index (χ0) is 14.7. The number of benzene rings is 1.